The third-order valence-electron chi connectivity index (χ3n) is 2.58. The molecule has 0 radical (unpaired) electrons. The van der Waals surface area contributed by atoms with Crippen LogP contribution in [0.2, 0.25) is 0 Å². The number of nitrogens with two attached hydrogens (primary N) is 1. The first-order valence-corrected chi connectivity index (χ1v) is 4.99. The Morgan fingerprint density at radius 3 is 2.15 bits per heavy atom. The van der Waals surface area contributed by atoms with Gasteiger partial charge in [0.25, 0.3) is 0 Å². The van der Waals surface area contributed by atoms with Crippen molar-refractivity contribution in [3.8, 4) is 0 Å². The van der Waals surface area contributed by atoms with Crippen molar-refractivity contribution in [1.29, 1.82) is 0 Å². The zero-order chi connectivity index (χ0) is 10.4. The Bertz CT molecular complexity index is 124. The predicted molar refractivity (Wildman–Crippen MR) is 54.5 cm³/mol. The second kappa shape index (κ2) is 6.35. The quantitative estimate of drug-likeness (QED) is 0.655. The summed E-state index contributed by atoms with van der Waals surface area (Å²) in [5.74, 6) is 0.466. The molecule has 13 heavy (non-hydrogen) atoms. The van der Waals surface area contributed by atoms with Crippen molar-refractivity contribution in [2.75, 3.05) is 13.7 Å². The van der Waals surface area contributed by atoms with Crippen molar-refractivity contribution in [1.82, 2.24) is 0 Å². The summed E-state index contributed by atoms with van der Waals surface area (Å²) in [5.41, 5.74) is 5.56. The Hall–Kier alpha value is -0.120. The molecule has 3 heteroatoms. The highest BCUT2D eigenvalue weighted by Gasteiger charge is 2.27. The van der Waals surface area contributed by atoms with Crippen molar-refractivity contribution in [2.45, 2.75) is 39.4 Å². The molecule has 0 spiro atoms. The Morgan fingerprint density at radius 2 is 1.92 bits per heavy atom. The Kier molecular flexibility index (Phi) is 6.29. The van der Waals surface area contributed by atoms with E-state index in [-0.39, 0.29) is 12.0 Å². The summed E-state index contributed by atoms with van der Waals surface area (Å²) in [4.78, 5) is 0. The molecular weight excluding hydrogens is 166 g/mol. The van der Waals surface area contributed by atoms with Crippen LogP contribution < -0.4 is 5.73 Å². The van der Waals surface area contributed by atoms with Gasteiger partial charge in [-0.15, -0.1) is 0 Å². The van der Waals surface area contributed by atoms with Gasteiger partial charge in [0.2, 0.25) is 0 Å². The minimum atomic E-state index is -0.444. The van der Waals surface area contributed by atoms with Gasteiger partial charge in [0.1, 0.15) is 0 Å². The van der Waals surface area contributed by atoms with Crippen LogP contribution in [0.5, 0.6) is 0 Å². The van der Waals surface area contributed by atoms with Gasteiger partial charge in [-0.25, -0.2) is 0 Å². The molecule has 0 aliphatic heterocycles. The van der Waals surface area contributed by atoms with Crippen molar-refractivity contribution in [3.63, 3.8) is 0 Å². The van der Waals surface area contributed by atoms with Crippen molar-refractivity contribution >= 4 is 0 Å². The lowest BCUT2D eigenvalue weighted by atomic mass is 9.90. The summed E-state index contributed by atoms with van der Waals surface area (Å²) in [6.45, 7) is 6.64. The molecule has 3 unspecified atom stereocenters. The van der Waals surface area contributed by atoms with Gasteiger partial charge < -0.3 is 15.6 Å². The Balaban J connectivity index is 4.24. The van der Waals surface area contributed by atoms with Gasteiger partial charge in [0.05, 0.1) is 12.2 Å². The molecule has 80 valence electrons. The van der Waals surface area contributed by atoms with E-state index >= 15 is 0 Å². The average molecular weight is 189 g/mol. The van der Waals surface area contributed by atoms with Crippen LogP contribution >= 0.6 is 0 Å². The lowest BCUT2D eigenvalue weighted by molar-refractivity contribution is -0.0627. The minimum absolute atomic E-state index is 0.103. The smallest absolute Gasteiger partial charge is 0.0856 e. The molecule has 3 atom stereocenters. The molecule has 0 bridgehead atoms. The maximum atomic E-state index is 9.93. The largest absolute Gasteiger partial charge is 0.390 e. The molecule has 0 saturated heterocycles. The number of methoxy groups -OCH3 is 1. The van der Waals surface area contributed by atoms with E-state index in [0.717, 1.165) is 6.42 Å². The van der Waals surface area contributed by atoms with Crippen LogP contribution in [0.4, 0.5) is 0 Å². The van der Waals surface area contributed by atoms with Crippen molar-refractivity contribution in [3.05, 3.63) is 0 Å². The molecule has 0 fully saturated rings. The topological polar surface area (TPSA) is 55.5 Å². The summed E-state index contributed by atoms with van der Waals surface area (Å²) >= 11 is 0. The number of hydrogen-bond acceptors (Lipinski definition) is 3. The fraction of sp³-hybridized carbons (Fsp3) is 1.00. The Morgan fingerprint density at radius 1 is 1.38 bits per heavy atom. The molecule has 3 N–H and O–H groups in total. The molecule has 0 aromatic rings. The lowest BCUT2D eigenvalue weighted by Crippen LogP contribution is -2.41. The van der Waals surface area contributed by atoms with Gasteiger partial charge in [0, 0.05) is 7.11 Å². The number of hydrogen-bond donors (Lipinski definition) is 2. The Labute approximate surface area is 81.3 Å². The predicted octanol–water partition coefficient (Wildman–Crippen LogP) is 1.00. The summed E-state index contributed by atoms with van der Waals surface area (Å²) < 4.78 is 5.25. The summed E-state index contributed by atoms with van der Waals surface area (Å²) in [5, 5.41) is 9.93. The van der Waals surface area contributed by atoms with Gasteiger partial charge in [-0.3, -0.25) is 0 Å². The van der Waals surface area contributed by atoms with Crippen LogP contribution in [0.1, 0.15) is 27.2 Å². The van der Waals surface area contributed by atoms with Gasteiger partial charge >= 0.3 is 0 Å². The van der Waals surface area contributed by atoms with Crippen LogP contribution in [0.3, 0.4) is 0 Å². The molecule has 0 aromatic heterocycles. The zero-order valence-electron chi connectivity index (χ0n) is 9.16. The number of aliphatic hydroxyl groups excluding tert-OH is 1. The molecule has 0 saturated carbocycles. The third-order valence-corrected chi connectivity index (χ3v) is 2.58. The van der Waals surface area contributed by atoms with Crippen LogP contribution in [-0.2, 0) is 4.74 Å². The van der Waals surface area contributed by atoms with Crippen molar-refractivity contribution in [2.24, 2.45) is 17.6 Å². The van der Waals surface area contributed by atoms with Gasteiger partial charge in [-0.1, -0.05) is 20.8 Å². The highest BCUT2D eigenvalue weighted by atomic mass is 16.5. The minimum Gasteiger partial charge on any atom is -0.390 e. The first kappa shape index (κ1) is 12.9. The van der Waals surface area contributed by atoms with E-state index in [2.05, 4.69) is 0 Å². The first-order valence-electron chi connectivity index (χ1n) is 4.99. The highest BCUT2D eigenvalue weighted by Crippen LogP contribution is 2.18. The molecule has 0 rings (SSSR count). The van der Waals surface area contributed by atoms with E-state index < -0.39 is 6.10 Å². The normalized spacial score (nSPS) is 18.7. The second-order valence-electron chi connectivity index (χ2n) is 3.84. The van der Waals surface area contributed by atoms with E-state index in [9.17, 15) is 5.11 Å². The first-order chi connectivity index (χ1) is 6.08. The third kappa shape index (κ3) is 3.63. The summed E-state index contributed by atoms with van der Waals surface area (Å²) in [6, 6.07) is 0. The van der Waals surface area contributed by atoms with Gasteiger partial charge in [-0.2, -0.15) is 0 Å². The molecule has 3 nitrogen and oxygen atoms in total. The van der Waals surface area contributed by atoms with Crippen LogP contribution in [0.15, 0.2) is 0 Å². The summed E-state index contributed by atoms with van der Waals surface area (Å²) in [7, 11) is 1.64. The molecule has 0 aliphatic carbocycles. The van der Waals surface area contributed by atoms with Crippen LogP contribution in [-0.4, -0.2) is 31.0 Å². The SMILES string of the molecule is CCC(CN)C(O)C(OC)C(C)C. The lowest BCUT2D eigenvalue weighted by Gasteiger charge is -2.30. The van der Waals surface area contributed by atoms with Gasteiger partial charge in [0.15, 0.2) is 0 Å². The van der Waals surface area contributed by atoms with Crippen LogP contribution in [0.25, 0.3) is 0 Å². The van der Waals surface area contributed by atoms with Crippen LogP contribution in [0, 0.1) is 11.8 Å². The number of aliphatic hydroxyl groups is 1. The second-order valence-corrected chi connectivity index (χ2v) is 3.84. The van der Waals surface area contributed by atoms with Gasteiger partial charge in [-0.05, 0) is 24.8 Å². The number of ether oxygens (including phenoxy) is 1. The molecule has 0 aromatic carbocycles. The maximum Gasteiger partial charge on any atom is 0.0856 e. The molecule has 0 aliphatic rings. The van der Waals surface area contributed by atoms with Crippen molar-refractivity contribution < 1.29 is 9.84 Å². The van der Waals surface area contributed by atoms with E-state index in [4.69, 9.17) is 10.5 Å². The van der Waals surface area contributed by atoms with E-state index in [1.807, 2.05) is 20.8 Å². The fourth-order valence-electron chi connectivity index (χ4n) is 1.62. The molecular formula is C10H23NO2. The fourth-order valence-corrected chi connectivity index (χ4v) is 1.62. The summed E-state index contributed by atoms with van der Waals surface area (Å²) in [6.07, 6.45) is 0.345. The highest BCUT2D eigenvalue weighted by molar-refractivity contribution is 4.78. The standard InChI is InChI=1S/C10H23NO2/c1-5-8(6-11)9(12)10(13-4)7(2)3/h7-10,12H,5-6,11H2,1-4H3. The van der Waals surface area contributed by atoms with E-state index in [1.165, 1.54) is 0 Å². The van der Waals surface area contributed by atoms with E-state index in [0.29, 0.717) is 12.5 Å². The average Bonchev–Trinajstić information content (AvgIpc) is 2.07. The molecule has 0 amide bonds. The monoisotopic (exact) mass is 189 g/mol. The zero-order valence-corrected chi connectivity index (χ0v) is 9.16. The maximum absolute atomic E-state index is 9.93. The molecule has 0 heterocycles. The number of rotatable bonds is 6. The van der Waals surface area contributed by atoms with E-state index in [1.54, 1.807) is 7.11 Å².